The third-order valence-corrected chi connectivity index (χ3v) is 4.38. The summed E-state index contributed by atoms with van der Waals surface area (Å²) in [5.74, 6) is 4.96. The quantitative estimate of drug-likeness (QED) is 0.458. The fourth-order valence-electron chi connectivity index (χ4n) is 2.79. The minimum Gasteiger partial charge on any atom is -0.313 e. The Morgan fingerprint density at radius 1 is 1.33 bits per heavy atom. The lowest BCUT2D eigenvalue weighted by Gasteiger charge is -2.14. The number of likely N-dealkylation sites (tertiary alicyclic amines) is 1. The first-order valence-corrected chi connectivity index (χ1v) is 6.62. The molecule has 1 aromatic heterocycles. The van der Waals surface area contributed by atoms with Gasteiger partial charge in [0.05, 0.1) is 18.4 Å². The Kier molecular flexibility index (Phi) is 2.75. The van der Waals surface area contributed by atoms with Gasteiger partial charge in [0.2, 0.25) is 11.8 Å². The molecule has 1 saturated heterocycles. The van der Waals surface area contributed by atoms with Crippen LogP contribution in [0.2, 0.25) is 0 Å². The lowest BCUT2D eigenvalue weighted by Crippen LogP contribution is -2.31. The summed E-state index contributed by atoms with van der Waals surface area (Å²) < 4.78 is 3.76. The van der Waals surface area contributed by atoms with Crippen molar-refractivity contribution in [2.45, 2.75) is 25.8 Å². The van der Waals surface area contributed by atoms with Gasteiger partial charge in [0.1, 0.15) is 10.7 Å². The monoisotopic (exact) mass is 267 g/mol. The second-order valence-electron chi connectivity index (χ2n) is 4.60. The molecule has 96 valence electrons. The van der Waals surface area contributed by atoms with Crippen LogP contribution < -0.4 is 11.3 Å². The number of imide groups is 1. The Labute approximate surface area is 107 Å². The molecule has 2 unspecified atom stereocenters. The second kappa shape index (κ2) is 4.29. The van der Waals surface area contributed by atoms with Crippen LogP contribution in [0, 0.1) is 11.8 Å². The van der Waals surface area contributed by atoms with Crippen LogP contribution in [0.3, 0.4) is 0 Å². The number of hydrazine groups is 1. The Morgan fingerprint density at radius 3 is 2.61 bits per heavy atom. The van der Waals surface area contributed by atoms with E-state index in [9.17, 15) is 9.59 Å². The van der Waals surface area contributed by atoms with Gasteiger partial charge in [-0.25, -0.2) is 5.84 Å². The molecule has 0 radical (unpaired) electrons. The van der Waals surface area contributed by atoms with Crippen LogP contribution in [0.15, 0.2) is 0 Å². The Hall–Kier alpha value is -1.54. The first kappa shape index (κ1) is 11.5. The largest absolute Gasteiger partial charge is 0.313 e. The number of nitrogens with two attached hydrogens (primary N) is 1. The van der Waals surface area contributed by atoms with Crippen molar-refractivity contribution in [1.29, 1.82) is 0 Å². The van der Waals surface area contributed by atoms with Crippen molar-refractivity contribution in [3.8, 4) is 0 Å². The molecule has 2 atom stereocenters. The van der Waals surface area contributed by atoms with Gasteiger partial charge < -0.3 is 5.43 Å². The molecule has 2 fully saturated rings. The molecule has 7 nitrogen and oxygen atoms in total. The fourth-order valence-corrected chi connectivity index (χ4v) is 3.27. The van der Waals surface area contributed by atoms with Crippen LogP contribution in [0.1, 0.15) is 25.0 Å². The van der Waals surface area contributed by atoms with E-state index in [0.717, 1.165) is 30.8 Å². The SMILES string of the molecule is NNc1snnc1CN1C(=O)C2CCCC2C1=O. The van der Waals surface area contributed by atoms with Crippen LogP contribution in [-0.2, 0) is 16.1 Å². The van der Waals surface area contributed by atoms with E-state index < -0.39 is 0 Å². The smallest absolute Gasteiger partial charge is 0.233 e. The van der Waals surface area contributed by atoms with E-state index >= 15 is 0 Å². The van der Waals surface area contributed by atoms with Crippen molar-refractivity contribution >= 4 is 28.3 Å². The van der Waals surface area contributed by atoms with Crippen molar-refractivity contribution in [2.75, 3.05) is 5.43 Å². The summed E-state index contributed by atoms with van der Waals surface area (Å²) in [5, 5.41) is 4.48. The highest BCUT2D eigenvalue weighted by atomic mass is 32.1. The second-order valence-corrected chi connectivity index (χ2v) is 5.35. The van der Waals surface area contributed by atoms with Crippen molar-refractivity contribution in [1.82, 2.24) is 14.5 Å². The highest BCUT2D eigenvalue weighted by Gasteiger charge is 2.49. The zero-order valence-corrected chi connectivity index (χ0v) is 10.4. The van der Waals surface area contributed by atoms with Crippen LogP contribution in [-0.4, -0.2) is 26.3 Å². The molecule has 1 aliphatic heterocycles. The summed E-state index contributed by atoms with van der Waals surface area (Å²) in [6.07, 6.45) is 2.61. The van der Waals surface area contributed by atoms with E-state index in [1.54, 1.807) is 0 Å². The number of nitrogens with zero attached hydrogens (tertiary/aromatic N) is 3. The van der Waals surface area contributed by atoms with E-state index in [2.05, 4.69) is 15.0 Å². The third-order valence-electron chi connectivity index (χ3n) is 3.68. The zero-order valence-electron chi connectivity index (χ0n) is 9.63. The number of nitrogens with one attached hydrogen (secondary N) is 1. The minimum atomic E-state index is -0.113. The van der Waals surface area contributed by atoms with Crippen LogP contribution in [0.5, 0.6) is 0 Å². The maximum atomic E-state index is 12.1. The number of nitrogen functional groups attached to an aromatic ring is 1. The predicted molar refractivity (Wildman–Crippen MR) is 64.1 cm³/mol. The van der Waals surface area contributed by atoms with E-state index in [-0.39, 0.29) is 30.2 Å². The Balaban J connectivity index is 1.81. The van der Waals surface area contributed by atoms with E-state index in [4.69, 9.17) is 5.84 Å². The molecule has 1 saturated carbocycles. The molecule has 18 heavy (non-hydrogen) atoms. The average Bonchev–Trinajstić information content (AvgIpc) is 3.05. The lowest BCUT2D eigenvalue weighted by atomic mass is 10.00. The molecule has 0 aromatic carbocycles. The molecule has 1 aromatic rings. The molecular weight excluding hydrogens is 254 g/mol. The van der Waals surface area contributed by atoms with Gasteiger partial charge in [-0.1, -0.05) is 10.9 Å². The summed E-state index contributed by atoms with van der Waals surface area (Å²) in [5.41, 5.74) is 3.02. The predicted octanol–water partition coefficient (Wildman–Crippen LogP) is 0.109. The molecule has 3 N–H and O–H groups in total. The summed E-state index contributed by atoms with van der Waals surface area (Å²) in [6, 6.07) is 0. The average molecular weight is 267 g/mol. The number of carbonyl (C=O) groups excluding carboxylic acids is 2. The van der Waals surface area contributed by atoms with E-state index in [0.29, 0.717) is 10.7 Å². The van der Waals surface area contributed by atoms with Crippen molar-refractivity contribution in [3.05, 3.63) is 5.69 Å². The van der Waals surface area contributed by atoms with Crippen molar-refractivity contribution in [2.24, 2.45) is 17.7 Å². The van der Waals surface area contributed by atoms with E-state index in [1.807, 2.05) is 0 Å². The molecule has 2 aliphatic rings. The summed E-state index contributed by atoms with van der Waals surface area (Å²) in [6.45, 7) is 0.167. The third kappa shape index (κ3) is 1.60. The molecule has 0 bridgehead atoms. The summed E-state index contributed by atoms with van der Waals surface area (Å²) in [7, 11) is 0. The van der Waals surface area contributed by atoms with Crippen LogP contribution in [0.25, 0.3) is 0 Å². The number of aromatic nitrogens is 2. The molecule has 2 heterocycles. The van der Waals surface area contributed by atoms with E-state index in [1.165, 1.54) is 4.90 Å². The number of carbonyl (C=O) groups is 2. The van der Waals surface area contributed by atoms with Gasteiger partial charge in [-0.15, -0.1) is 5.10 Å². The van der Waals surface area contributed by atoms with Crippen LogP contribution >= 0.6 is 11.5 Å². The van der Waals surface area contributed by atoms with Gasteiger partial charge in [-0.05, 0) is 12.8 Å². The number of rotatable bonds is 3. The number of anilines is 1. The van der Waals surface area contributed by atoms with Crippen molar-refractivity contribution in [3.63, 3.8) is 0 Å². The molecule has 1 aliphatic carbocycles. The minimum absolute atomic E-state index is 0.0709. The first-order chi connectivity index (χ1) is 8.72. The fraction of sp³-hybridized carbons (Fsp3) is 0.600. The summed E-state index contributed by atoms with van der Waals surface area (Å²) >= 11 is 1.11. The molecular formula is C10H13N5O2S. The normalized spacial score (nSPS) is 26.8. The number of hydrogen-bond donors (Lipinski definition) is 2. The van der Waals surface area contributed by atoms with Gasteiger partial charge in [-0.2, -0.15) is 0 Å². The lowest BCUT2D eigenvalue weighted by molar-refractivity contribution is -0.141. The molecule has 2 amide bonds. The maximum Gasteiger partial charge on any atom is 0.233 e. The van der Waals surface area contributed by atoms with Gasteiger partial charge in [0.25, 0.3) is 0 Å². The standard InChI is InChI=1S/C10H13N5O2S/c11-12-8-7(13-14-18-8)4-15-9(16)5-2-1-3-6(5)10(15)17/h5-6,12H,1-4,11H2. The Morgan fingerprint density at radius 2 is 2.00 bits per heavy atom. The first-order valence-electron chi connectivity index (χ1n) is 5.85. The maximum absolute atomic E-state index is 12.1. The molecule has 0 spiro atoms. The number of amides is 2. The van der Waals surface area contributed by atoms with Crippen molar-refractivity contribution < 1.29 is 9.59 Å². The van der Waals surface area contributed by atoms with Gasteiger partial charge in [0.15, 0.2) is 0 Å². The van der Waals surface area contributed by atoms with Gasteiger partial charge in [-0.3, -0.25) is 14.5 Å². The highest BCUT2D eigenvalue weighted by Crippen LogP contribution is 2.40. The number of fused-ring (bicyclic) bond motifs is 1. The number of hydrogen-bond acceptors (Lipinski definition) is 7. The highest BCUT2D eigenvalue weighted by molar-refractivity contribution is 7.10. The van der Waals surface area contributed by atoms with Gasteiger partial charge >= 0.3 is 0 Å². The molecule has 3 rings (SSSR count). The topological polar surface area (TPSA) is 101 Å². The summed E-state index contributed by atoms with van der Waals surface area (Å²) in [4.78, 5) is 25.6. The Bertz CT molecular complexity index is 480. The van der Waals surface area contributed by atoms with Crippen LogP contribution in [0.4, 0.5) is 5.00 Å². The zero-order chi connectivity index (χ0) is 12.7. The van der Waals surface area contributed by atoms with Gasteiger partial charge in [0, 0.05) is 11.5 Å². The molecule has 8 heteroatoms.